The number of rotatable bonds is 3. The predicted molar refractivity (Wildman–Crippen MR) is 108 cm³/mol. The van der Waals surface area contributed by atoms with Crippen LogP contribution in [0.25, 0.3) is 0 Å². The van der Waals surface area contributed by atoms with Crippen molar-refractivity contribution in [3.05, 3.63) is 89.5 Å². The monoisotopic (exact) mass is 386 g/mol. The maximum Gasteiger partial charge on any atom is 0.271 e. The Bertz CT molecular complexity index is 1080. The topological polar surface area (TPSA) is 58.4 Å². The number of hydrogen-bond acceptors (Lipinski definition) is 3. The number of likely N-dealkylation sites (tertiary alicyclic amines) is 1. The first-order chi connectivity index (χ1) is 14.1. The molecule has 4 heterocycles. The molecule has 2 aliphatic rings. The van der Waals surface area contributed by atoms with Gasteiger partial charge in [-0.25, -0.2) is 0 Å². The number of nitrogens with zero attached hydrogens (tertiary/aromatic N) is 4. The molecular formula is C23H22N4O2. The van der Waals surface area contributed by atoms with Crippen molar-refractivity contribution in [3.8, 4) is 0 Å². The van der Waals surface area contributed by atoms with E-state index in [1.165, 1.54) is 0 Å². The van der Waals surface area contributed by atoms with Crippen molar-refractivity contribution in [2.24, 2.45) is 0 Å². The summed E-state index contributed by atoms with van der Waals surface area (Å²) >= 11 is 0. The summed E-state index contributed by atoms with van der Waals surface area (Å²) in [5.74, 6) is 0.0172. The zero-order valence-electron chi connectivity index (χ0n) is 16.2. The summed E-state index contributed by atoms with van der Waals surface area (Å²) in [5.41, 5.74) is 3.22. The standard InChI is InChI=1S/C23H22N4O2/c1-16-7-2-3-9-18(16)22(28)25-14-20-21(15-25)27(13-17-8-4-5-11-24-17)23(29)19-10-6-12-26(19)20/h2-12,20-21H,13-15H2,1H3/t20-,21+/m1/s1. The first kappa shape index (κ1) is 17.7. The van der Waals surface area contributed by atoms with Crippen LogP contribution in [0.1, 0.15) is 38.1 Å². The second kappa shape index (κ2) is 6.88. The van der Waals surface area contributed by atoms with Crippen molar-refractivity contribution in [3.63, 3.8) is 0 Å². The lowest BCUT2D eigenvalue weighted by atomic mass is 10.1. The Hall–Kier alpha value is -3.41. The third-order valence-corrected chi connectivity index (χ3v) is 6.00. The van der Waals surface area contributed by atoms with Gasteiger partial charge < -0.3 is 14.4 Å². The highest BCUT2D eigenvalue weighted by Gasteiger charge is 2.46. The van der Waals surface area contributed by atoms with Crippen LogP contribution in [-0.2, 0) is 6.54 Å². The summed E-state index contributed by atoms with van der Waals surface area (Å²) in [5, 5.41) is 0. The Morgan fingerprint density at radius 2 is 1.83 bits per heavy atom. The Morgan fingerprint density at radius 3 is 2.62 bits per heavy atom. The van der Waals surface area contributed by atoms with Gasteiger partial charge in [-0.1, -0.05) is 24.3 Å². The van der Waals surface area contributed by atoms with E-state index in [2.05, 4.69) is 4.98 Å². The Labute approximate surface area is 169 Å². The van der Waals surface area contributed by atoms with Crippen LogP contribution in [0.5, 0.6) is 0 Å². The maximum atomic E-state index is 13.2. The average molecular weight is 386 g/mol. The summed E-state index contributed by atoms with van der Waals surface area (Å²) < 4.78 is 2.03. The van der Waals surface area contributed by atoms with Crippen LogP contribution >= 0.6 is 0 Å². The molecular weight excluding hydrogens is 364 g/mol. The lowest BCUT2D eigenvalue weighted by Crippen LogP contribution is -2.50. The van der Waals surface area contributed by atoms with E-state index in [0.717, 1.165) is 16.8 Å². The van der Waals surface area contributed by atoms with Crippen molar-refractivity contribution in [2.75, 3.05) is 13.1 Å². The second-order valence-corrected chi connectivity index (χ2v) is 7.71. The number of aromatic nitrogens is 2. The second-order valence-electron chi connectivity index (χ2n) is 7.71. The molecule has 1 fully saturated rings. The number of carbonyl (C=O) groups excluding carboxylic acids is 2. The minimum Gasteiger partial charge on any atom is -0.337 e. The predicted octanol–water partition coefficient (Wildman–Crippen LogP) is 2.91. The number of fused-ring (bicyclic) bond motifs is 3. The summed E-state index contributed by atoms with van der Waals surface area (Å²) in [6.45, 7) is 3.51. The molecule has 5 rings (SSSR count). The van der Waals surface area contributed by atoms with Crippen LogP contribution in [0.4, 0.5) is 0 Å². The quantitative estimate of drug-likeness (QED) is 0.695. The van der Waals surface area contributed by atoms with Gasteiger partial charge in [0.1, 0.15) is 5.69 Å². The molecule has 3 aromatic rings. The highest BCUT2D eigenvalue weighted by atomic mass is 16.2. The Balaban J connectivity index is 1.48. The highest BCUT2D eigenvalue weighted by molar-refractivity contribution is 5.97. The fraction of sp³-hybridized carbons (Fsp3) is 0.261. The molecule has 0 radical (unpaired) electrons. The van der Waals surface area contributed by atoms with Gasteiger partial charge in [0.05, 0.1) is 24.3 Å². The lowest BCUT2D eigenvalue weighted by Gasteiger charge is -2.37. The normalized spacial score (nSPS) is 20.5. The molecule has 0 spiro atoms. The summed E-state index contributed by atoms with van der Waals surface area (Å²) in [7, 11) is 0. The molecule has 0 aliphatic carbocycles. The van der Waals surface area contributed by atoms with E-state index in [0.29, 0.717) is 25.3 Å². The van der Waals surface area contributed by atoms with Crippen molar-refractivity contribution in [2.45, 2.75) is 25.6 Å². The molecule has 0 N–H and O–H groups in total. The van der Waals surface area contributed by atoms with Crippen LogP contribution in [0.3, 0.4) is 0 Å². The third-order valence-electron chi connectivity index (χ3n) is 6.00. The van der Waals surface area contributed by atoms with Gasteiger partial charge in [-0.2, -0.15) is 0 Å². The van der Waals surface area contributed by atoms with Crippen molar-refractivity contribution in [1.82, 2.24) is 19.4 Å². The zero-order valence-corrected chi connectivity index (χ0v) is 16.2. The molecule has 0 saturated carbocycles. The van der Waals surface area contributed by atoms with Crippen molar-refractivity contribution in [1.29, 1.82) is 0 Å². The minimum absolute atomic E-state index is 0.00732. The molecule has 0 bridgehead atoms. The maximum absolute atomic E-state index is 13.2. The molecule has 1 aromatic carbocycles. The van der Waals surface area contributed by atoms with Gasteiger partial charge in [-0.15, -0.1) is 0 Å². The lowest BCUT2D eigenvalue weighted by molar-refractivity contribution is 0.0547. The molecule has 0 unspecified atom stereocenters. The van der Waals surface area contributed by atoms with Crippen LogP contribution < -0.4 is 0 Å². The highest BCUT2D eigenvalue weighted by Crippen LogP contribution is 2.35. The molecule has 6 nitrogen and oxygen atoms in total. The van der Waals surface area contributed by atoms with Crippen LogP contribution in [0.15, 0.2) is 67.0 Å². The number of amides is 2. The number of hydrogen-bond donors (Lipinski definition) is 0. The molecule has 6 heteroatoms. The van der Waals surface area contributed by atoms with Gasteiger partial charge in [-0.3, -0.25) is 14.6 Å². The van der Waals surface area contributed by atoms with E-state index in [4.69, 9.17) is 0 Å². The number of carbonyl (C=O) groups is 2. The van der Waals surface area contributed by atoms with E-state index < -0.39 is 0 Å². The van der Waals surface area contributed by atoms with Crippen LogP contribution in [-0.4, -0.2) is 50.3 Å². The smallest absolute Gasteiger partial charge is 0.271 e. The zero-order chi connectivity index (χ0) is 20.0. The van der Waals surface area contributed by atoms with Crippen LogP contribution in [0, 0.1) is 6.92 Å². The fourth-order valence-corrected chi connectivity index (χ4v) is 4.52. The van der Waals surface area contributed by atoms with Gasteiger partial charge in [-0.05, 0) is 42.8 Å². The van der Waals surface area contributed by atoms with E-state index in [1.54, 1.807) is 6.20 Å². The Morgan fingerprint density at radius 1 is 1.03 bits per heavy atom. The fourth-order valence-electron chi connectivity index (χ4n) is 4.52. The number of aryl methyl sites for hydroxylation is 1. The number of benzene rings is 1. The van der Waals surface area contributed by atoms with E-state index >= 15 is 0 Å². The third kappa shape index (κ3) is 2.92. The van der Waals surface area contributed by atoms with Crippen molar-refractivity contribution >= 4 is 11.8 Å². The van der Waals surface area contributed by atoms with E-state index in [1.807, 2.05) is 82.1 Å². The van der Waals surface area contributed by atoms with Gasteiger partial charge in [0.2, 0.25) is 0 Å². The van der Waals surface area contributed by atoms with Gasteiger partial charge in [0.25, 0.3) is 11.8 Å². The van der Waals surface area contributed by atoms with E-state index in [-0.39, 0.29) is 23.9 Å². The first-order valence-electron chi connectivity index (χ1n) is 9.86. The molecule has 29 heavy (non-hydrogen) atoms. The Kier molecular flexibility index (Phi) is 4.19. The summed E-state index contributed by atoms with van der Waals surface area (Å²) in [6.07, 6.45) is 3.69. The summed E-state index contributed by atoms with van der Waals surface area (Å²) in [6, 6.07) is 17.1. The molecule has 146 valence electrons. The van der Waals surface area contributed by atoms with Crippen molar-refractivity contribution < 1.29 is 9.59 Å². The number of pyridine rings is 1. The SMILES string of the molecule is Cc1ccccc1C(=O)N1C[C@@H]2[C@H](C1)N(Cc1ccccn1)C(=O)c1cccn12. The van der Waals surface area contributed by atoms with E-state index in [9.17, 15) is 9.59 Å². The molecule has 2 atom stereocenters. The largest absolute Gasteiger partial charge is 0.337 e. The van der Waals surface area contributed by atoms with Crippen LogP contribution in [0.2, 0.25) is 0 Å². The molecule has 1 saturated heterocycles. The molecule has 2 amide bonds. The van der Waals surface area contributed by atoms with Gasteiger partial charge in [0, 0.05) is 31.0 Å². The van der Waals surface area contributed by atoms with Gasteiger partial charge >= 0.3 is 0 Å². The first-order valence-corrected chi connectivity index (χ1v) is 9.86. The molecule has 2 aliphatic heterocycles. The molecule has 2 aromatic heterocycles. The summed E-state index contributed by atoms with van der Waals surface area (Å²) in [4.78, 5) is 34.6. The average Bonchev–Trinajstić information content (AvgIpc) is 3.39. The van der Waals surface area contributed by atoms with Gasteiger partial charge in [0.15, 0.2) is 0 Å². The minimum atomic E-state index is -0.0719.